The number of hydrogen-bond donors (Lipinski definition) is 0. The Morgan fingerprint density at radius 2 is 1.66 bits per heavy atom. The second-order valence-corrected chi connectivity index (χ2v) is 11.6. The zero-order chi connectivity index (χ0) is 26.9. The van der Waals surface area contributed by atoms with Gasteiger partial charge >= 0.3 is 0 Å². The summed E-state index contributed by atoms with van der Waals surface area (Å²) in [4.78, 5) is 29.1. The van der Waals surface area contributed by atoms with Crippen molar-refractivity contribution in [3.8, 4) is 0 Å². The van der Waals surface area contributed by atoms with Gasteiger partial charge in [0.1, 0.15) is 11.0 Å². The zero-order valence-corrected chi connectivity index (χ0v) is 24.2. The Hall–Kier alpha value is -2.61. The van der Waals surface area contributed by atoms with Crippen molar-refractivity contribution < 1.29 is 4.79 Å². The van der Waals surface area contributed by atoms with Gasteiger partial charge in [-0.15, -0.1) is 0 Å². The molecule has 38 heavy (non-hydrogen) atoms. The second-order valence-electron chi connectivity index (χ2n) is 10.2. The van der Waals surface area contributed by atoms with Crippen molar-refractivity contribution >= 4 is 35.1 Å². The monoisotopic (exact) mass is 551 g/mol. The fraction of sp³-hybridized carbons (Fsp3) is 0.433. The van der Waals surface area contributed by atoms with Crippen molar-refractivity contribution in [1.82, 2.24) is 19.8 Å². The Labute approximate surface area is 236 Å². The van der Waals surface area contributed by atoms with Crippen LogP contribution in [0.1, 0.15) is 53.6 Å². The van der Waals surface area contributed by atoms with Crippen LogP contribution >= 0.6 is 23.4 Å². The number of rotatable bonds is 11. The fourth-order valence-corrected chi connectivity index (χ4v) is 5.81. The highest BCUT2D eigenvalue weighted by molar-refractivity contribution is 7.98. The Bertz CT molecular complexity index is 1190. The lowest BCUT2D eigenvalue weighted by Gasteiger charge is -2.32. The molecule has 0 aliphatic heterocycles. The molecule has 1 aliphatic carbocycles. The van der Waals surface area contributed by atoms with E-state index in [0.29, 0.717) is 40.8 Å². The molecule has 1 fully saturated rings. The molecule has 3 aromatic rings. The van der Waals surface area contributed by atoms with Crippen LogP contribution in [-0.2, 0) is 12.3 Å². The molecular formula is C30H38ClN5OS. The Kier molecular flexibility index (Phi) is 10.4. The molecule has 1 aliphatic rings. The van der Waals surface area contributed by atoms with E-state index in [4.69, 9.17) is 16.6 Å². The first-order valence-corrected chi connectivity index (χ1v) is 14.7. The van der Waals surface area contributed by atoms with E-state index in [1.807, 2.05) is 67.5 Å². The van der Waals surface area contributed by atoms with Crippen LogP contribution in [0.15, 0.2) is 65.8 Å². The standard InChI is InChI=1S/C30H38ClN5OS/c1-34(2)17-18-36(21-23-11-6-4-7-12-23)29(37)25-14-10-13-24(19-25)22-38-30-32-27(31)20-28(33-30)35(3)26-15-8-5-9-16-26/h4,6-7,10-14,19-20,26H,5,8-9,15-18,21-22H2,1-3H3. The van der Waals surface area contributed by atoms with Gasteiger partial charge in [0.15, 0.2) is 5.16 Å². The van der Waals surface area contributed by atoms with Gasteiger partial charge in [0, 0.05) is 50.1 Å². The normalized spacial score (nSPS) is 14.0. The summed E-state index contributed by atoms with van der Waals surface area (Å²) in [6, 6.07) is 20.4. The largest absolute Gasteiger partial charge is 0.357 e. The predicted molar refractivity (Wildman–Crippen MR) is 158 cm³/mol. The van der Waals surface area contributed by atoms with Gasteiger partial charge in [0.25, 0.3) is 5.91 Å². The summed E-state index contributed by atoms with van der Waals surface area (Å²) < 4.78 is 0. The topological polar surface area (TPSA) is 52.6 Å². The summed E-state index contributed by atoms with van der Waals surface area (Å²) in [7, 11) is 6.16. The Morgan fingerprint density at radius 3 is 2.39 bits per heavy atom. The van der Waals surface area contributed by atoms with Crippen molar-refractivity contribution in [1.29, 1.82) is 0 Å². The van der Waals surface area contributed by atoms with E-state index in [1.165, 1.54) is 32.1 Å². The average molecular weight is 552 g/mol. The van der Waals surface area contributed by atoms with Crippen molar-refractivity contribution in [3.63, 3.8) is 0 Å². The molecule has 2 aromatic carbocycles. The van der Waals surface area contributed by atoms with E-state index < -0.39 is 0 Å². The average Bonchev–Trinajstić information content (AvgIpc) is 2.94. The molecule has 202 valence electrons. The van der Waals surface area contributed by atoms with Crippen LogP contribution < -0.4 is 4.90 Å². The lowest BCUT2D eigenvalue weighted by molar-refractivity contribution is 0.0732. The number of hydrogen-bond acceptors (Lipinski definition) is 6. The molecule has 1 saturated carbocycles. The number of amides is 1. The molecule has 0 atom stereocenters. The van der Waals surface area contributed by atoms with Gasteiger partial charge in [-0.1, -0.05) is 85.1 Å². The van der Waals surface area contributed by atoms with Crippen molar-refractivity contribution in [2.24, 2.45) is 0 Å². The minimum absolute atomic E-state index is 0.0398. The van der Waals surface area contributed by atoms with Crippen molar-refractivity contribution in [3.05, 3.63) is 82.5 Å². The fourth-order valence-electron chi connectivity index (χ4n) is 4.79. The SMILES string of the molecule is CN(C)CCN(Cc1ccccc1)C(=O)c1cccc(CSc2nc(Cl)cc(N(C)C3CCCCC3)n2)c1. The van der Waals surface area contributed by atoms with E-state index >= 15 is 0 Å². The number of benzene rings is 2. The number of carbonyl (C=O) groups is 1. The number of halogens is 1. The number of thioether (sulfide) groups is 1. The lowest BCUT2D eigenvalue weighted by Crippen LogP contribution is -2.36. The molecule has 0 radical (unpaired) electrons. The quantitative estimate of drug-likeness (QED) is 0.156. The van der Waals surface area contributed by atoms with Gasteiger partial charge in [-0.3, -0.25) is 4.79 Å². The van der Waals surface area contributed by atoms with Crippen molar-refractivity contribution in [2.45, 2.75) is 55.6 Å². The van der Waals surface area contributed by atoms with Crippen LogP contribution in [0.5, 0.6) is 0 Å². The van der Waals surface area contributed by atoms with Crippen LogP contribution in [0.25, 0.3) is 0 Å². The van der Waals surface area contributed by atoms with Gasteiger partial charge in [-0.25, -0.2) is 9.97 Å². The van der Waals surface area contributed by atoms with Crippen LogP contribution in [0.4, 0.5) is 5.82 Å². The third kappa shape index (κ3) is 8.19. The highest BCUT2D eigenvalue weighted by atomic mass is 35.5. The molecule has 1 amide bonds. The molecule has 0 unspecified atom stereocenters. The van der Waals surface area contributed by atoms with Crippen molar-refractivity contribution in [2.75, 3.05) is 39.1 Å². The van der Waals surface area contributed by atoms with Crippen LogP contribution in [0.2, 0.25) is 5.15 Å². The van der Waals surface area contributed by atoms with E-state index in [1.54, 1.807) is 11.8 Å². The summed E-state index contributed by atoms with van der Waals surface area (Å²) >= 11 is 7.94. The number of aromatic nitrogens is 2. The molecule has 0 spiro atoms. The van der Waals surface area contributed by atoms with E-state index in [2.05, 4.69) is 34.0 Å². The van der Waals surface area contributed by atoms with Gasteiger partial charge in [0.2, 0.25) is 0 Å². The molecule has 1 heterocycles. The van der Waals surface area contributed by atoms with Crippen LogP contribution in [0, 0.1) is 0 Å². The van der Waals surface area contributed by atoms with Crippen LogP contribution in [0.3, 0.4) is 0 Å². The highest BCUT2D eigenvalue weighted by Crippen LogP contribution is 2.29. The molecular weight excluding hydrogens is 514 g/mol. The predicted octanol–water partition coefficient (Wildman–Crippen LogP) is 6.40. The third-order valence-corrected chi connectivity index (χ3v) is 8.12. The lowest BCUT2D eigenvalue weighted by atomic mass is 9.94. The second kappa shape index (κ2) is 14.0. The number of nitrogens with zero attached hydrogens (tertiary/aromatic N) is 5. The third-order valence-electron chi connectivity index (χ3n) is 7.01. The first-order valence-electron chi connectivity index (χ1n) is 13.4. The first kappa shape index (κ1) is 28.4. The smallest absolute Gasteiger partial charge is 0.254 e. The maximum Gasteiger partial charge on any atom is 0.254 e. The molecule has 0 N–H and O–H groups in total. The van der Waals surface area contributed by atoms with Gasteiger partial charge in [-0.2, -0.15) is 0 Å². The van der Waals surface area contributed by atoms with E-state index in [9.17, 15) is 4.79 Å². The number of likely N-dealkylation sites (N-methyl/N-ethyl adjacent to an activating group) is 1. The summed E-state index contributed by atoms with van der Waals surface area (Å²) in [6.07, 6.45) is 6.23. The Morgan fingerprint density at radius 1 is 0.921 bits per heavy atom. The number of carbonyl (C=O) groups excluding carboxylic acids is 1. The van der Waals surface area contributed by atoms with Gasteiger partial charge in [-0.05, 0) is 50.2 Å². The molecule has 0 bridgehead atoms. The minimum Gasteiger partial charge on any atom is -0.357 e. The Balaban J connectivity index is 1.44. The summed E-state index contributed by atoms with van der Waals surface area (Å²) in [5.41, 5.74) is 2.87. The zero-order valence-electron chi connectivity index (χ0n) is 22.6. The molecule has 1 aromatic heterocycles. The van der Waals surface area contributed by atoms with Crippen LogP contribution in [-0.4, -0.2) is 65.9 Å². The van der Waals surface area contributed by atoms with E-state index in [0.717, 1.165) is 23.5 Å². The summed E-state index contributed by atoms with van der Waals surface area (Å²) in [5.74, 6) is 1.57. The molecule has 6 nitrogen and oxygen atoms in total. The number of anilines is 1. The summed E-state index contributed by atoms with van der Waals surface area (Å²) in [5, 5.41) is 1.12. The highest BCUT2D eigenvalue weighted by Gasteiger charge is 2.21. The first-order chi connectivity index (χ1) is 18.4. The summed E-state index contributed by atoms with van der Waals surface area (Å²) in [6.45, 7) is 2.05. The molecule has 8 heteroatoms. The van der Waals surface area contributed by atoms with Gasteiger partial charge < -0.3 is 14.7 Å². The molecule has 4 rings (SSSR count). The van der Waals surface area contributed by atoms with E-state index in [-0.39, 0.29) is 5.91 Å². The minimum atomic E-state index is 0.0398. The maximum atomic E-state index is 13.6. The molecule has 0 saturated heterocycles. The maximum absolute atomic E-state index is 13.6. The van der Waals surface area contributed by atoms with Gasteiger partial charge in [0.05, 0.1) is 0 Å².